The highest BCUT2D eigenvalue weighted by molar-refractivity contribution is 5.74. The molecule has 1 aliphatic carbocycles. The molecule has 0 spiro atoms. The second-order valence-electron chi connectivity index (χ2n) is 5.70. The molecule has 1 aliphatic rings. The number of carbonyl (C=O) groups is 2. The van der Waals surface area contributed by atoms with E-state index in [0.717, 1.165) is 19.3 Å². The van der Waals surface area contributed by atoms with Crippen molar-refractivity contribution < 1.29 is 14.7 Å². The van der Waals surface area contributed by atoms with Gasteiger partial charge in [0.2, 0.25) is 0 Å². The average molecular weight is 270 g/mol. The summed E-state index contributed by atoms with van der Waals surface area (Å²) in [6.07, 6.45) is 5.37. The molecule has 0 radical (unpaired) electrons. The van der Waals surface area contributed by atoms with E-state index in [-0.39, 0.29) is 24.4 Å². The Balaban J connectivity index is 2.24. The van der Waals surface area contributed by atoms with Gasteiger partial charge in [0.05, 0.1) is 0 Å². The number of nitrogens with one attached hydrogen (secondary N) is 2. The summed E-state index contributed by atoms with van der Waals surface area (Å²) >= 11 is 0. The number of hydrogen-bond acceptors (Lipinski definition) is 2. The van der Waals surface area contributed by atoms with E-state index in [0.29, 0.717) is 12.5 Å². The van der Waals surface area contributed by atoms with Crippen LogP contribution in [-0.2, 0) is 4.79 Å². The van der Waals surface area contributed by atoms with Crippen LogP contribution >= 0.6 is 0 Å². The molecule has 5 nitrogen and oxygen atoms in total. The van der Waals surface area contributed by atoms with Crippen LogP contribution in [0.2, 0.25) is 0 Å². The molecule has 0 saturated heterocycles. The van der Waals surface area contributed by atoms with E-state index < -0.39 is 5.97 Å². The number of hydrogen-bond donors (Lipinski definition) is 3. The van der Waals surface area contributed by atoms with E-state index in [4.69, 9.17) is 5.11 Å². The number of carboxylic acid groups (broad SMARTS) is 1. The summed E-state index contributed by atoms with van der Waals surface area (Å²) in [4.78, 5) is 22.4. The van der Waals surface area contributed by atoms with E-state index >= 15 is 0 Å². The topological polar surface area (TPSA) is 78.4 Å². The SMILES string of the molecule is CCC(CNC(=O)NC1CCCC(C)C1)CC(=O)O. The summed E-state index contributed by atoms with van der Waals surface area (Å²) in [5.74, 6) is -0.127. The number of urea groups is 1. The Morgan fingerprint density at radius 1 is 1.37 bits per heavy atom. The van der Waals surface area contributed by atoms with Crippen LogP contribution in [0.3, 0.4) is 0 Å². The van der Waals surface area contributed by atoms with E-state index in [1.165, 1.54) is 12.8 Å². The first-order chi connectivity index (χ1) is 9.01. The third kappa shape index (κ3) is 6.45. The molecule has 3 unspecified atom stereocenters. The largest absolute Gasteiger partial charge is 0.481 e. The van der Waals surface area contributed by atoms with Gasteiger partial charge in [0.25, 0.3) is 0 Å². The van der Waals surface area contributed by atoms with Crippen LogP contribution in [0.1, 0.15) is 52.4 Å². The lowest BCUT2D eigenvalue weighted by atomic mass is 9.87. The minimum absolute atomic E-state index is 0.00790. The summed E-state index contributed by atoms with van der Waals surface area (Å²) in [7, 11) is 0. The van der Waals surface area contributed by atoms with Gasteiger partial charge in [0, 0.05) is 19.0 Å². The van der Waals surface area contributed by atoms with Gasteiger partial charge < -0.3 is 15.7 Å². The Bertz CT molecular complexity index is 307. The Kier molecular flexibility index (Phi) is 6.67. The number of carbonyl (C=O) groups excluding carboxylic acids is 1. The maximum absolute atomic E-state index is 11.8. The highest BCUT2D eigenvalue weighted by Gasteiger charge is 2.20. The molecule has 0 bridgehead atoms. The predicted molar refractivity (Wildman–Crippen MR) is 74.0 cm³/mol. The molecule has 110 valence electrons. The number of amides is 2. The van der Waals surface area contributed by atoms with Crippen molar-refractivity contribution in [1.82, 2.24) is 10.6 Å². The number of carboxylic acids is 1. The molecular formula is C14H26N2O3. The van der Waals surface area contributed by atoms with Gasteiger partial charge in [-0.15, -0.1) is 0 Å². The van der Waals surface area contributed by atoms with Crippen molar-refractivity contribution >= 4 is 12.0 Å². The molecule has 5 heteroatoms. The van der Waals surface area contributed by atoms with E-state index in [9.17, 15) is 9.59 Å². The smallest absolute Gasteiger partial charge is 0.315 e. The van der Waals surface area contributed by atoms with Crippen molar-refractivity contribution in [1.29, 1.82) is 0 Å². The van der Waals surface area contributed by atoms with Gasteiger partial charge in [-0.05, 0) is 24.7 Å². The second kappa shape index (κ2) is 8.02. The van der Waals surface area contributed by atoms with Gasteiger partial charge in [-0.3, -0.25) is 4.79 Å². The van der Waals surface area contributed by atoms with Gasteiger partial charge in [-0.2, -0.15) is 0 Å². The fourth-order valence-electron chi connectivity index (χ4n) is 2.65. The standard InChI is InChI=1S/C14H26N2O3/c1-3-11(8-13(17)18)9-15-14(19)16-12-6-4-5-10(2)7-12/h10-12H,3-9H2,1-2H3,(H,17,18)(H2,15,16,19). The maximum atomic E-state index is 11.8. The van der Waals surface area contributed by atoms with Gasteiger partial charge in [-0.1, -0.05) is 33.1 Å². The van der Waals surface area contributed by atoms with Gasteiger partial charge in [0.1, 0.15) is 0 Å². The van der Waals surface area contributed by atoms with Crippen molar-refractivity contribution in [3.05, 3.63) is 0 Å². The fraction of sp³-hybridized carbons (Fsp3) is 0.857. The Hall–Kier alpha value is -1.26. The quantitative estimate of drug-likeness (QED) is 0.693. The molecule has 3 atom stereocenters. The molecule has 2 amide bonds. The van der Waals surface area contributed by atoms with Crippen LogP contribution in [-0.4, -0.2) is 29.7 Å². The molecule has 19 heavy (non-hydrogen) atoms. The molecule has 0 aromatic rings. The van der Waals surface area contributed by atoms with Crippen LogP contribution < -0.4 is 10.6 Å². The van der Waals surface area contributed by atoms with Crippen molar-refractivity contribution in [3.63, 3.8) is 0 Å². The molecule has 0 aromatic heterocycles. The first kappa shape index (κ1) is 15.8. The third-order valence-corrected chi connectivity index (χ3v) is 3.86. The zero-order chi connectivity index (χ0) is 14.3. The summed E-state index contributed by atoms with van der Waals surface area (Å²) in [6, 6.07) is 0.103. The van der Waals surface area contributed by atoms with Crippen molar-refractivity contribution in [2.45, 2.75) is 58.4 Å². The molecule has 0 aromatic carbocycles. The first-order valence-corrected chi connectivity index (χ1v) is 7.27. The highest BCUT2D eigenvalue weighted by Crippen LogP contribution is 2.23. The van der Waals surface area contributed by atoms with E-state index in [1.54, 1.807) is 0 Å². The lowest BCUT2D eigenvalue weighted by molar-refractivity contribution is -0.138. The normalized spacial score (nSPS) is 24.5. The van der Waals surface area contributed by atoms with Crippen LogP contribution in [0, 0.1) is 11.8 Å². The van der Waals surface area contributed by atoms with Crippen molar-refractivity contribution in [2.75, 3.05) is 6.54 Å². The number of aliphatic carboxylic acids is 1. The average Bonchev–Trinajstić information content (AvgIpc) is 2.34. The molecular weight excluding hydrogens is 244 g/mol. The zero-order valence-electron chi connectivity index (χ0n) is 11.9. The predicted octanol–water partition coefficient (Wildman–Crippen LogP) is 2.37. The summed E-state index contributed by atoms with van der Waals surface area (Å²) < 4.78 is 0. The Morgan fingerprint density at radius 2 is 2.11 bits per heavy atom. The molecule has 0 heterocycles. The minimum Gasteiger partial charge on any atom is -0.481 e. The second-order valence-corrected chi connectivity index (χ2v) is 5.70. The van der Waals surface area contributed by atoms with E-state index in [2.05, 4.69) is 17.6 Å². The lowest BCUT2D eigenvalue weighted by Gasteiger charge is -2.27. The molecule has 0 aliphatic heterocycles. The van der Waals surface area contributed by atoms with Crippen LogP contribution in [0.15, 0.2) is 0 Å². The van der Waals surface area contributed by atoms with Crippen molar-refractivity contribution in [3.8, 4) is 0 Å². The van der Waals surface area contributed by atoms with Crippen LogP contribution in [0.4, 0.5) is 4.79 Å². The maximum Gasteiger partial charge on any atom is 0.315 e. The fourth-order valence-corrected chi connectivity index (χ4v) is 2.65. The van der Waals surface area contributed by atoms with E-state index in [1.807, 2.05) is 6.92 Å². The number of rotatable bonds is 6. The molecule has 3 N–H and O–H groups in total. The molecule has 1 rings (SSSR count). The summed E-state index contributed by atoms with van der Waals surface area (Å²) in [5, 5.41) is 14.5. The Morgan fingerprint density at radius 3 is 2.68 bits per heavy atom. The van der Waals surface area contributed by atoms with Gasteiger partial charge in [-0.25, -0.2) is 4.79 Å². The first-order valence-electron chi connectivity index (χ1n) is 7.27. The monoisotopic (exact) mass is 270 g/mol. The van der Waals surface area contributed by atoms with Gasteiger partial charge >= 0.3 is 12.0 Å². The van der Waals surface area contributed by atoms with Crippen molar-refractivity contribution in [2.24, 2.45) is 11.8 Å². The Labute approximate surface area is 115 Å². The molecule has 1 saturated carbocycles. The van der Waals surface area contributed by atoms with Gasteiger partial charge in [0.15, 0.2) is 0 Å². The minimum atomic E-state index is -0.810. The molecule has 1 fully saturated rings. The highest BCUT2D eigenvalue weighted by atomic mass is 16.4. The summed E-state index contributed by atoms with van der Waals surface area (Å²) in [6.45, 7) is 4.58. The lowest BCUT2D eigenvalue weighted by Crippen LogP contribution is -2.45. The third-order valence-electron chi connectivity index (χ3n) is 3.86. The van der Waals surface area contributed by atoms with Crippen LogP contribution in [0.25, 0.3) is 0 Å². The summed E-state index contributed by atoms with van der Waals surface area (Å²) in [5.41, 5.74) is 0. The van der Waals surface area contributed by atoms with Crippen LogP contribution in [0.5, 0.6) is 0 Å². The zero-order valence-corrected chi connectivity index (χ0v) is 11.9.